The van der Waals surface area contributed by atoms with E-state index in [1.807, 2.05) is 31.2 Å². The molecule has 2 heterocycles. The molecule has 0 N–H and O–H groups in total. The van der Waals surface area contributed by atoms with Crippen molar-refractivity contribution in [1.29, 1.82) is 0 Å². The van der Waals surface area contributed by atoms with Crippen LogP contribution in [0.2, 0.25) is 10.0 Å². The van der Waals surface area contributed by atoms with Gasteiger partial charge in [-0.1, -0.05) is 85.6 Å². The number of halogens is 2. The number of piperazine rings is 1. The number of aromatic nitrogens is 1. The average molecular weight is 751 g/mol. The SMILES string of the molecule is Cc1cc(C(=CC=O)N2CCN(Cc3ccc(CCOc4ccc(C(C)C)cc4)cc3)CC2)ccc1Oc1ccc(OCc2cccc(Cl)c2Cl)cn1. The minimum Gasteiger partial charge on any atom is -0.493 e. The lowest BCUT2D eigenvalue weighted by atomic mass is 10.0. The van der Waals surface area contributed by atoms with Gasteiger partial charge in [-0.3, -0.25) is 9.69 Å². The number of hydrogen-bond donors (Lipinski definition) is 0. The van der Waals surface area contributed by atoms with Gasteiger partial charge >= 0.3 is 0 Å². The number of hydrogen-bond acceptors (Lipinski definition) is 7. The Morgan fingerprint density at radius 3 is 2.26 bits per heavy atom. The van der Waals surface area contributed by atoms with Gasteiger partial charge in [0.2, 0.25) is 5.88 Å². The summed E-state index contributed by atoms with van der Waals surface area (Å²) in [4.78, 5) is 20.9. The standard InChI is InChI=1S/C44H45Cl2N3O4/c1-31(2)35-11-14-38(15-12-35)51-26-20-33-7-9-34(10-8-33)29-48-21-23-49(24-22-48)41(19-25-50)36-13-17-42(32(3)27-36)53-43-18-16-39(28-47-43)52-30-37-5-4-6-40(45)44(37)46/h4-19,25,27-28,31H,20-24,26,29-30H2,1-3H3. The number of allylic oxidation sites excluding steroid dienone is 1. The molecule has 274 valence electrons. The topological polar surface area (TPSA) is 64.1 Å². The third kappa shape index (κ3) is 10.4. The predicted octanol–water partition coefficient (Wildman–Crippen LogP) is 10.2. The molecule has 0 bridgehead atoms. The third-order valence-electron chi connectivity index (χ3n) is 9.39. The second-order valence-electron chi connectivity index (χ2n) is 13.5. The fourth-order valence-corrected chi connectivity index (χ4v) is 6.64. The van der Waals surface area contributed by atoms with Crippen LogP contribution in [-0.2, 0) is 24.4 Å². The molecule has 53 heavy (non-hydrogen) atoms. The van der Waals surface area contributed by atoms with E-state index in [0.29, 0.717) is 39.9 Å². The normalized spacial score (nSPS) is 13.6. The monoisotopic (exact) mass is 749 g/mol. The van der Waals surface area contributed by atoms with Crippen LogP contribution >= 0.6 is 23.2 Å². The smallest absolute Gasteiger partial charge is 0.219 e. The average Bonchev–Trinajstić information content (AvgIpc) is 3.17. The lowest BCUT2D eigenvalue weighted by Gasteiger charge is -2.37. The zero-order chi connectivity index (χ0) is 37.2. The first kappa shape index (κ1) is 37.9. The van der Waals surface area contributed by atoms with E-state index >= 15 is 0 Å². The third-order valence-corrected chi connectivity index (χ3v) is 10.3. The minimum absolute atomic E-state index is 0.271. The Hall–Kier alpha value is -4.82. The van der Waals surface area contributed by atoms with Crippen LogP contribution in [0.15, 0.2) is 109 Å². The first-order chi connectivity index (χ1) is 25.7. The Morgan fingerprint density at radius 1 is 0.849 bits per heavy atom. The fraction of sp³-hybridized carbons (Fsp3) is 0.273. The minimum atomic E-state index is 0.271. The van der Waals surface area contributed by atoms with Crippen LogP contribution in [0.1, 0.15) is 53.1 Å². The number of aryl methyl sites for hydroxylation is 1. The Morgan fingerprint density at radius 2 is 1.58 bits per heavy atom. The van der Waals surface area contributed by atoms with Crippen molar-refractivity contribution in [2.45, 2.75) is 46.3 Å². The molecular formula is C44H45Cl2N3O4. The number of benzene rings is 4. The second kappa shape index (κ2) is 18.3. The highest BCUT2D eigenvalue weighted by atomic mass is 35.5. The predicted molar refractivity (Wildman–Crippen MR) is 213 cm³/mol. The molecule has 1 aliphatic rings. The Labute approximate surface area is 322 Å². The van der Waals surface area contributed by atoms with Crippen LogP contribution in [0, 0.1) is 6.92 Å². The molecule has 0 radical (unpaired) electrons. The van der Waals surface area contributed by atoms with Gasteiger partial charge in [0.25, 0.3) is 0 Å². The first-order valence-corrected chi connectivity index (χ1v) is 18.8. The lowest BCUT2D eigenvalue weighted by Crippen LogP contribution is -2.45. The van der Waals surface area contributed by atoms with Gasteiger partial charge in [0, 0.05) is 62.5 Å². The van der Waals surface area contributed by atoms with E-state index in [0.717, 1.165) is 73.6 Å². The summed E-state index contributed by atoms with van der Waals surface area (Å²) in [5.74, 6) is 3.15. The number of rotatable bonds is 15. The number of nitrogens with zero attached hydrogens (tertiary/aromatic N) is 3. The molecule has 9 heteroatoms. The van der Waals surface area contributed by atoms with Crippen LogP contribution in [0.3, 0.4) is 0 Å². The first-order valence-electron chi connectivity index (χ1n) is 18.0. The summed E-state index contributed by atoms with van der Waals surface area (Å²) in [7, 11) is 0. The van der Waals surface area contributed by atoms with E-state index in [1.165, 1.54) is 16.7 Å². The van der Waals surface area contributed by atoms with Crippen molar-refractivity contribution < 1.29 is 19.0 Å². The van der Waals surface area contributed by atoms with E-state index in [4.69, 9.17) is 37.4 Å². The van der Waals surface area contributed by atoms with E-state index in [-0.39, 0.29) is 6.61 Å². The number of aldehydes is 1. The van der Waals surface area contributed by atoms with Gasteiger partial charge in [0.1, 0.15) is 30.1 Å². The molecule has 0 amide bonds. The number of pyridine rings is 1. The Bertz CT molecular complexity index is 1990. The maximum atomic E-state index is 11.7. The Balaban J connectivity index is 0.970. The van der Waals surface area contributed by atoms with Gasteiger partial charge in [0.15, 0.2) is 0 Å². The van der Waals surface area contributed by atoms with Crippen molar-refractivity contribution >= 4 is 35.2 Å². The van der Waals surface area contributed by atoms with Crippen LogP contribution in [0.5, 0.6) is 23.1 Å². The largest absolute Gasteiger partial charge is 0.493 e. The van der Waals surface area contributed by atoms with Crippen molar-refractivity contribution in [3.05, 3.63) is 153 Å². The zero-order valence-corrected chi connectivity index (χ0v) is 31.9. The molecule has 0 unspecified atom stereocenters. The molecule has 1 aliphatic heterocycles. The van der Waals surface area contributed by atoms with Crippen LogP contribution in [0.4, 0.5) is 0 Å². The molecule has 1 aromatic heterocycles. The highest BCUT2D eigenvalue weighted by Gasteiger charge is 2.21. The van der Waals surface area contributed by atoms with Crippen molar-refractivity contribution in [3.8, 4) is 23.1 Å². The summed E-state index contributed by atoms with van der Waals surface area (Å²) in [5.41, 5.74) is 7.50. The molecule has 6 rings (SSSR count). The number of ether oxygens (including phenoxy) is 3. The molecule has 1 fully saturated rings. The highest BCUT2D eigenvalue weighted by Crippen LogP contribution is 2.31. The number of carbonyl (C=O) groups excluding carboxylic acids is 1. The van der Waals surface area contributed by atoms with Crippen molar-refractivity contribution in [2.24, 2.45) is 0 Å². The zero-order valence-electron chi connectivity index (χ0n) is 30.4. The van der Waals surface area contributed by atoms with Gasteiger partial charge in [-0.05, 0) is 83.1 Å². The summed E-state index contributed by atoms with van der Waals surface area (Å²) in [5, 5.41) is 0.969. The number of carbonyl (C=O) groups is 1. The highest BCUT2D eigenvalue weighted by molar-refractivity contribution is 6.42. The van der Waals surface area contributed by atoms with Gasteiger partial charge < -0.3 is 19.1 Å². The molecule has 1 saturated heterocycles. The molecule has 0 saturated carbocycles. The van der Waals surface area contributed by atoms with Gasteiger partial charge in [0.05, 0.1) is 22.8 Å². The maximum Gasteiger partial charge on any atom is 0.219 e. The van der Waals surface area contributed by atoms with Crippen LogP contribution in [-0.4, -0.2) is 53.9 Å². The van der Waals surface area contributed by atoms with E-state index in [1.54, 1.807) is 30.5 Å². The van der Waals surface area contributed by atoms with E-state index in [9.17, 15) is 4.79 Å². The van der Waals surface area contributed by atoms with Crippen LogP contribution < -0.4 is 14.2 Å². The molecule has 0 atom stereocenters. The summed E-state index contributed by atoms with van der Waals surface area (Å²) in [6.45, 7) is 11.7. The summed E-state index contributed by atoms with van der Waals surface area (Å²) >= 11 is 12.4. The molecular weight excluding hydrogens is 705 g/mol. The van der Waals surface area contributed by atoms with Crippen LogP contribution in [0.25, 0.3) is 5.70 Å². The van der Waals surface area contributed by atoms with Gasteiger partial charge in [-0.15, -0.1) is 0 Å². The fourth-order valence-electron chi connectivity index (χ4n) is 6.27. The van der Waals surface area contributed by atoms with Crippen molar-refractivity contribution in [1.82, 2.24) is 14.8 Å². The van der Waals surface area contributed by atoms with Gasteiger partial charge in [-0.25, -0.2) is 4.98 Å². The quantitative estimate of drug-likeness (QED) is 0.0780. The molecule has 5 aromatic rings. The lowest BCUT2D eigenvalue weighted by molar-refractivity contribution is -0.104. The Kier molecular flexibility index (Phi) is 13.1. The summed E-state index contributed by atoms with van der Waals surface area (Å²) in [6.07, 6.45) is 5.00. The summed E-state index contributed by atoms with van der Waals surface area (Å²) < 4.78 is 17.9. The molecule has 0 spiro atoms. The second-order valence-corrected chi connectivity index (χ2v) is 14.3. The van der Waals surface area contributed by atoms with Crippen molar-refractivity contribution in [2.75, 3.05) is 32.8 Å². The summed E-state index contributed by atoms with van der Waals surface area (Å²) in [6, 6.07) is 32.2. The van der Waals surface area contributed by atoms with E-state index in [2.05, 4.69) is 83.2 Å². The van der Waals surface area contributed by atoms with Gasteiger partial charge in [-0.2, -0.15) is 0 Å². The van der Waals surface area contributed by atoms with Crippen molar-refractivity contribution in [3.63, 3.8) is 0 Å². The molecule has 4 aromatic carbocycles. The maximum absolute atomic E-state index is 11.7. The van der Waals surface area contributed by atoms with E-state index < -0.39 is 0 Å². The molecule has 0 aliphatic carbocycles. The molecule has 7 nitrogen and oxygen atoms in total.